The predicted molar refractivity (Wildman–Crippen MR) is 59.2 cm³/mol. The SMILES string of the molecule is CCCNC(=O)Nc1ncccc1Br. The van der Waals surface area contributed by atoms with Crippen LogP contribution in [0.25, 0.3) is 0 Å². The first-order chi connectivity index (χ1) is 6.74. The van der Waals surface area contributed by atoms with Gasteiger partial charge in [0.15, 0.2) is 0 Å². The quantitative estimate of drug-likeness (QED) is 0.874. The van der Waals surface area contributed by atoms with Crippen molar-refractivity contribution < 1.29 is 4.79 Å². The van der Waals surface area contributed by atoms with Crippen LogP contribution in [0.4, 0.5) is 10.6 Å². The third kappa shape index (κ3) is 3.33. The molecule has 0 bridgehead atoms. The summed E-state index contributed by atoms with van der Waals surface area (Å²) in [5.41, 5.74) is 0. The van der Waals surface area contributed by atoms with Crippen molar-refractivity contribution in [2.24, 2.45) is 0 Å². The molecular formula is C9H12BrN3O. The third-order valence-electron chi connectivity index (χ3n) is 1.53. The van der Waals surface area contributed by atoms with Crippen LogP contribution in [0.15, 0.2) is 22.8 Å². The standard InChI is InChI=1S/C9H12BrN3O/c1-2-5-12-9(14)13-8-7(10)4-3-6-11-8/h3-4,6H,2,5H2,1H3,(H2,11,12,13,14). The van der Waals surface area contributed by atoms with E-state index in [0.29, 0.717) is 12.4 Å². The number of nitrogens with zero attached hydrogens (tertiary/aromatic N) is 1. The van der Waals surface area contributed by atoms with Crippen LogP contribution in [0.1, 0.15) is 13.3 Å². The average Bonchev–Trinajstić information content (AvgIpc) is 2.18. The van der Waals surface area contributed by atoms with Crippen LogP contribution >= 0.6 is 15.9 Å². The summed E-state index contributed by atoms with van der Waals surface area (Å²) in [7, 11) is 0. The zero-order valence-electron chi connectivity index (χ0n) is 7.88. The van der Waals surface area contributed by atoms with Gasteiger partial charge in [-0.25, -0.2) is 9.78 Å². The Kier molecular flexibility index (Phi) is 4.39. The second kappa shape index (κ2) is 5.59. The summed E-state index contributed by atoms with van der Waals surface area (Å²) < 4.78 is 0.770. The minimum Gasteiger partial charge on any atom is -0.338 e. The van der Waals surface area contributed by atoms with Gasteiger partial charge >= 0.3 is 6.03 Å². The molecule has 0 aromatic carbocycles. The Hall–Kier alpha value is -1.10. The zero-order valence-corrected chi connectivity index (χ0v) is 9.47. The summed E-state index contributed by atoms with van der Waals surface area (Å²) in [4.78, 5) is 15.2. The number of anilines is 1. The highest BCUT2D eigenvalue weighted by atomic mass is 79.9. The Bertz CT molecular complexity index is 317. The van der Waals surface area contributed by atoms with Gasteiger partial charge in [0.25, 0.3) is 0 Å². The van der Waals surface area contributed by atoms with E-state index in [4.69, 9.17) is 0 Å². The molecule has 0 aliphatic rings. The van der Waals surface area contributed by atoms with Crippen molar-refractivity contribution in [1.29, 1.82) is 0 Å². The average molecular weight is 258 g/mol. The lowest BCUT2D eigenvalue weighted by atomic mass is 10.4. The van der Waals surface area contributed by atoms with Crippen molar-refractivity contribution in [2.45, 2.75) is 13.3 Å². The van der Waals surface area contributed by atoms with E-state index in [2.05, 4.69) is 31.5 Å². The highest BCUT2D eigenvalue weighted by Gasteiger charge is 2.03. The third-order valence-corrected chi connectivity index (χ3v) is 2.17. The van der Waals surface area contributed by atoms with Gasteiger partial charge in [-0.3, -0.25) is 5.32 Å². The molecule has 0 radical (unpaired) electrons. The van der Waals surface area contributed by atoms with Gasteiger partial charge in [0.1, 0.15) is 5.82 Å². The molecule has 1 heterocycles. The molecule has 5 heteroatoms. The van der Waals surface area contributed by atoms with E-state index in [1.807, 2.05) is 13.0 Å². The molecule has 0 spiro atoms. The molecule has 0 aliphatic heterocycles. The number of carbonyl (C=O) groups excluding carboxylic acids is 1. The number of pyridine rings is 1. The molecule has 0 saturated heterocycles. The number of urea groups is 1. The monoisotopic (exact) mass is 257 g/mol. The topological polar surface area (TPSA) is 54.0 Å². The Balaban J connectivity index is 2.52. The lowest BCUT2D eigenvalue weighted by Crippen LogP contribution is -2.29. The fourth-order valence-electron chi connectivity index (χ4n) is 0.868. The van der Waals surface area contributed by atoms with Crippen LogP contribution in [0, 0.1) is 0 Å². The number of aromatic nitrogens is 1. The molecule has 0 fully saturated rings. The minimum absolute atomic E-state index is 0.230. The van der Waals surface area contributed by atoms with Crippen molar-refractivity contribution >= 4 is 27.8 Å². The molecule has 0 saturated carbocycles. The van der Waals surface area contributed by atoms with E-state index in [0.717, 1.165) is 10.9 Å². The normalized spacial score (nSPS) is 9.57. The fourth-order valence-corrected chi connectivity index (χ4v) is 1.22. The Labute approximate surface area is 91.2 Å². The lowest BCUT2D eigenvalue weighted by molar-refractivity contribution is 0.252. The molecule has 0 unspecified atom stereocenters. The van der Waals surface area contributed by atoms with Gasteiger partial charge in [-0.2, -0.15) is 0 Å². The molecule has 0 atom stereocenters. The van der Waals surface area contributed by atoms with E-state index in [1.54, 1.807) is 12.3 Å². The molecule has 14 heavy (non-hydrogen) atoms. The number of amides is 2. The molecule has 2 amide bonds. The van der Waals surface area contributed by atoms with Crippen LogP contribution in [-0.4, -0.2) is 17.6 Å². The van der Waals surface area contributed by atoms with E-state index >= 15 is 0 Å². The molecule has 4 nitrogen and oxygen atoms in total. The van der Waals surface area contributed by atoms with Crippen LogP contribution in [0.5, 0.6) is 0 Å². The molecule has 76 valence electrons. The van der Waals surface area contributed by atoms with Gasteiger partial charge < -0.3 is 5.32 Å². The van der Waals surface area contributed by atoms with Gasteiger partial charge in [0.05, 0.1) is 4.47 Å². The maximum atomic E-state index is 11.2. The summed E-state index contributed by atoms with van der Waals surface area (Å²) >= 11 is 3.29. The molecule has 1 rings (SSSR count). The van der Waals surface area contributed by atoms with Crippen LogP contribution in [0.2, 0.25) is 0 Å². The Morgan fingerprint density at radius 3 is 3.07 bits per heavy atom. The first-order valence-electron chi connectivity index (χ1n) is 4.39. The van der Waals surface area contributed by atoms with Gasteiger partial charge in [-0.05, 0) is 34.5 Å². The zero-order chi connectivity index (χ0) is 10.4. The summed E-state index contributed by atoms with van der Waals surface area (Å²) in [5.74, 6) is 0.529. The first-order valence-corrected chi connectivity index (χ1v) is 5.18. The number of hydrogen-bond donors (Lipinski definition) is 2. The van der Waals surface area contributed by atoms with E-state index in [1.165, 1.54) is 0 Å². The van der Waals surface area contributed by atoms with Crippen molar-refractivity contribution in [3.63, 3.8) is 0 Å². The van der Waals surface area contributed by atoms with Gasteiger partial charge in [0.2, 0.25) is 0 Å². The van der Waals surface area contributed by atoms with E-state index in [-0.39, 0.29) is 6.03 Å². The predicted octanol–water partition coefficient (Wildman–Crippen LogP) is 2.38. The second-order valence-electron chi connectivity index (χ2n) is 2.71. The molecular weight excluding hydrogens is 246 g/mol. The highest BCUT2D eigenvalue weighted by Crippen LogP contribution is 2.17. The van der Waals surface area contributed by atoms with Gasteiger partial charge in [0, 0.05) is 12.7 Å². The molecule has 1 aromatic heterocycles. The van der Waals surface area contributed by atoms with Crippen LogP contribution in [-0.2, 0) is 0 Å². The Morgan fingerprint density at radius 1 is 1.64 bits per heavy atom. The molecule has 2 N–H and O–H groups in total. The van der Waals surface area contributed by atoms with E-state index < -0.39 is 0 Å². The van der Waals surface area contributed by atoms with Crippen molar-refractivity contribution in [3.8, 4) is 0 Å². The van der Waals surface area contributed by atoms with Gasteiger partial charge in [-0.1, -0.05) is 6.92 Å². The highest BCUT2D eigenvalue weighted by molar-refractivity contribution is 9.10. The lowest BCUT2D eigenvalue weighted by Gasteiger charge is -2.06. The van der Waals surface area contributed by atoms with Crippen LogP contribution in [0.3, 0.4) is 0 Å². The summed E-state index contributed by atoms with van der Waals surface area (Å²) in [6, 6.07) is 3.38. The summed E-state index contributed by atoms with van der Waals surface area (Å²) in [6.45, 7) is 2.66. The molecule has 1 aromatic rings. The van der Waals surface area contributed by atoms with E-state index in [9.17, 15) is 4.79 Å². The minimum atomic E-state index is -0.230. The summed E-state index contributed by atoms with van der Waals surface area (Å²) in [5, 5.41) is 5.33. The second-order valence-corrected chi connectivity index (χ2v) is 3.57. The maximum Gasteiger partial charge on any atom is 0.320 e. The van der Waals surface area contributed by atoms with Crippen molar-refractivity contribution in [2.75, 3.05) is 11.9 Å². The maximum absolute atomic E-state index is 11.2. The van der Waals surface area contributed by atoms with Crippen LogP contribution < -0.4 is 10.6 Å². The smallest absolute Gasteiger partial charge is 0.320 e. The fraction of sp³-hybridized carbons (Fsp3) is 0.333. The van der Waals surface area contributed by atoms with Gasteiger partial charge in [-0.15, -0.1) is 0 Å². The largest absolute Gasteiger partial charge is 0.338 e. The number of nitrogens with one attached hydrogen (secondary N) is 2. The number of rotatable bonds is 3. The number of carbonyl (C=O) groups is 1. The van der Waals surface area contributed by atoms with Crippen molar-refractivity contribution in [3.05, 3.63) is 22.8 Å². The summed E-state index contributed by atoms with van der Waals surface area (Å²) in [6.07, 6.45) is 2.54. The Morgan fingerprint density at radius 2 is 2.43 bits per heavy atom. The number of halogens is 1. The first kappa shape index (κ1) is 11.0. The number of hydrogen-bond acceptors (Lipinski definition) is 2. The van der Waals surface area contributed by atoms with Crippen molar-refractivity contribution in [1.82, 2.24) is 10.3 Å². The molecule has 0 aliphatic carbocycles.